The van der Waals surface area contributed by atoms with Gasteiger partial charge in [0.15, 0.2) is 11.7 Å². The van der Waals surface area contributed by atoms with Crippen molar-refractivity contribution >= 4 is 5.96 Å². The van der Waals surface area contributed by atoms with Gasteiger partial charge in [-0.25, -0.2) is 4.98 Å². The van der Waals surface area contributed by atoms with E-state index in [4.69, 9.17) is 4.42 Å². The molecule has 4 rings (SSSR count). The molecular formula is C22H28N6O. The Morgan fingerprint density at radius 3 is 2.83 bits per heavy atom. The van der Waals surface area contributed by atoms with E-state index in [9.17, 15) is 0 Å². The first kappa shape index (κ1) is 19.2. The van der Waals surface area contributed by atoms with Gasteiger partial charge in [-0.3, -0.25) is 9.67 Å². The van der Waals surface area contributed by atoms with Crippen LogP contribution in [0.4, 0.5) is 0 Å². The highest BCUT2D eigenvalue weighted by molar-refractivity contribution is 5.80. The van der Waals surface area contributed by atoms with E-state index in [-0.39, 0.29) is 0 Å². The van der Waals surface area contributed by atoms with Crippen molar-refractivity contribution in [3.05, 3.63) is 59.9 Å². The lowest BCUT2D eigenvalue weighted by molar-refractivity contribution is 0.447. The minimum Gasteiger partial charge on any atom is -0.439 e. The van der Waals surface area contributed by atoms with Crippen LogP contribution in [0.25, 0.3) is 11.3 Å². The largest absolute Gasteiger partial charge is 0.439 e. The molecule has 3 aromatic rings. The predicted octanol–water partition coefficient (Wildman–Crippen LogP) is 3.02. The highest BCUT2D eigenvalue weighted by atomic mass is 16.4. The van der Waals surface area contributed by atoms with Crippen LogP contribution in [0, 0.1) is 12.8 Å². The van der Waals surface area contributed by atoms with Gasteiger partial charge in [0.2, 0.25) is 5.89 Å². The molecule has 1 N–H and O–H groups in total. The van der Waals surface area contributed by atoms with Gasteiger partial charge in [-0.15, -0.1) is 0 Å². The summed E-state index contributed by atoms with van der Waals surface area (Å²) in [7, 11) is 3.78. The summed E-state index contributed by atoms with van der Waals surface area (Å²) in [4.78, 5) is 11.2. The fourth-order valence-electron chi connectivity index (χ4n) is 3.83. The van der Waals surface area contributed by atoms with Gasteiger partial charge in [-0.2, -0.15) is 5.10 Å². The number of guanidine groups is 1. The second-order valence-electron chi connectivity index (χ2n) is 7.71. The first-order valence-electron chi connectivity index (χ1n) is 10.1. The average Bonchev–Trinajstić information content (AvgIpc) is 3.46. The van der Waals surface area contributed by atoms with Gasteiger partial charge in [0.25, 0.3) is 0 Å². The van der Waals surface area contributed by atoms with Gasteiger partial charge in [-0.05, 0) is 31.2 Å². The number of hydrogen-bond donors (Lipinski definition) is 1. The van der Waals surface area contributed by atoms with Crippen molar-refractivity contribution in [2.75, 3.05) is 20.1 Å². The molecule has 0 saturated carbocycles. The van der Waals surface area contributed by atoms with Crippen molar-refractivity contribution in [2.24, 2.45) is 18.0 Å². The Morgan fingerprint density at radius 2 is 2.10 bits per heavy atom. The molecule has 29 heavy (non-hydrogen) atoms. The molecule has 3 heterocycles. The van der Waals surface area contributed by atoms with Crippen LogP contribution in [-0.4, -0.2) is 45.8 Å². The standard InChI is InChI=1S/C22H28N6O/c1-16-4-6-19(7-5-16)20-12-24-21(29-20)13-25-22(23-2)28-9-8-17(15-28)10-18-11-26-27(3)14-18/h4-7,11-12,14,17H,8-10,13,15H2,1-3H3,(H,23,25). The first-order chi connectivity index (χ1) is 14.1. The molecule has 0 radical (unpaired) electrons. The maximum absolute atomic E-state index is 5.91. The van der Waals surface area contributed by atoms with Crippen molar-refractivity contribution in [3.63, 3.8) is 0 Å². The summed E-state index contributed by atoms with van der Waals surface area (Å²) in [5.41, 5.74) is 3.56. The number of likely N-dealkylation sites (tertiary alicyclic amines) is 1. The molecule has 1 fully saturated rings. The Hall–Kier alpha value is -3.09. The summed E-state index contributed by atoms with van der Waals surface area (Å²) in [6.07, 6.45) is 8.06. The third-order valence-corrected chi connectivity index (χ3v) is 5.37. The highest BCUT2D eigenvalue weighted by Crippen LogP contribution is 2.22. The van der Waals surface area contributed by atoms with E-state index >= 15 is 0 Å². The summed E-state index contributed by atoms with van der Waals surface area (Å²) in [6.45, 7) is 4.59. The molecule has 0 amide bonds. The summed E-state index contributed by atoms with van der Waals surface area (Å²) >= 11 is 0. The molecule has 152 valence electrons. The number of oxazole rings is 1. The average molecular weight is 393 g/mol. The molecule has 1 aliphatic heterocycles. The van der Waals surface area contributed by atoms with Gasteiger partial charge < -0.3 is 14.6 Å². The van der Waals surface area contributed by atoms with Gasteiger partial charge >= 0.3 is 0 Å². The van der Waals surface area contributed by atoms with Gasteiger partial charge in [-0.1, -0.05) is 29.8 Å². The van der Waals surface area contributed by atoms with Crippen LogP contribution in [0.15, 0.2) is 52.3 Å². The normalized spacial score (nSPS) is 17.1. The Kier molecular flexibility index (Phi) is 5.64. The van der Waals surface area contributed by atoms with Crippen molar-refractivity contribution in [3.8, 4) is 11.3 Å². The lowest BCUT2D eigenvalue weighted by atomic mass is 10.0. The Bertz CT molecular complexity index is 971. The van der Waals surface area contributed by atoms with Crippen LogP contribution < -0.4 is 5.32 Å². The minimum atomic E-state index is 0.516. The molecule has 7 nitrogen and oxygen atoms in total. The number of rotatable bonds is 5. The van der Waals surface area contributed by atoms with Crippen LogP contribution in [0.2, 0.25) is 0 Å². The molecule has 1 atom stereocenters. The van der Waals surface area contributed by atoms with E-state index in [2.05, 4.69) is 62.7 Å². The molecule has 1 saturated heterocycles. The molecule has 0 bridgehead atoms. The van der Waals surface area contributed by atoms with Crippen LogP contribution in [0.1, 0.15) is 23.4 Å². The van der Waals surface area contributed by atoms with Crippen LogP contribution in [0.5, 0.6) is 0 Å². The van der Waals surface area contributed by atoms with Crippen LogP contribution in [-0.2, 0) is 20.0 Å². The third-order valence-electron chi connectivity index (χ3n) is 5.37. The van der Waals surface area contributed by atoms with Gasteiger partial charge in [0.05, 0.1) is 18.9 Å². The minimum absolute atomic E-state index is 0.516. The zero-order chi connectivity index (χ0) is 20.2. The molecular weight excluding hydrogens is 364 g/mol. The topological polar surface area (TPSA) is 71.5 Å². The SMILES string of the molecule is CN=C(NCc1ncc(-c2ccc(C)cc2)o1)N1CCC(Cc2cnn(C)c2)C1. The zero-order valence-electron chi connectivity index (χ0n) is 17.3. The molecule has 1 aromatic carbocycles. The maximum Gasteiger partial charge on any atom is 0.214 e. The lowest BCUT2D eigenvalue weighted by Crippen LogP contribution is -2.39. The van der Waals surface area contributed by atoms with Crippen molar-refractivity contribution < 1.29 is 4.42 Å². The number of hydrogen-bond acceptors (Lipinski definition) is 4. The smallest absolute Gasteiger partial charge is 0.214 e. The highest BCUT2D eigenvalue weighted by Gasteiger charge is 2.25. The van der Waals surface area contributed by atoms with Gasteiger partial charge in [0, 0.05) is 38.9 Å². The predicted molar refractivity (Wildman–Crippen MR) is 113 cm³/mol. The number of aryl methyl sites for hydroxylation is 2. The Balaban J connectivity index is 1.31. The Morgan fingerprint density at radius 1 is 1.28 bits per heavy atom. The van der Waals surface area contributed by atoms with E-state index in [0.29, 0.717) is 18.4 Å². The van der Waals surface area contributed by atoms with Crippen molar-refractivity contribution in [2.45, 2.75) is 26.3 Å². The number of nitrogens with zero attached hydrogens (tertiary/aromatic N) is 5. The molecule has 0 spiro atoms. The van der Waals surface area contributed by atoms with E-state index in [1.165, 1.54) is 11.1 Å². The summed E-state index contributed by atoms with van der Waals surface area (Å²) < 4.78 is 7.78. The van der Waals surface area contributed by atoms with Crippen molar-refractivity contribution in [1.29, 1.82) is 0 Å². The summed E-state index contributed by atoms with van der Waals surface area (Å²) in [5.74, 6) is 2.96. The molecule has 2 aromatic heterocycles. The van der Waals surface area contributed by atoms with E-state index < -0.39 is 0 Å². The van der Waals surface area contributed by atoms with Crippen LogP contribution in [0.3, 0.4) is 0 Å². The number of aliphatic imine (C=N–C) groups is 1. The second-order valence-corrected chi connectivity index (χ2v) is 7.71. The van der Waals surface area contributed by atoms with Crippen molar-refractivity contribution in [1.82, 2.24) is 25.0 Å². The lowest BCUT2D eigenvalue weighted by Gasteiger charge is -2.21. The number of aromatic nitrogens is 3. The summed E-state index contributed by atoms with van der Waals surface area (Å²) in [6, 6.07) is 8.26. The number of benzene rings is 1. The fourth-order valence-corrected chi connectivity index (χ4v) is 3.83. The monoisotopic (exact) mass is 392 g/mol. The van der Waals surface area contributed by atoms with Gasteiger partial charge in [0.1, 0.15) is 0 Å². The molecule has 1 unspecified atom stereocenters. The van der Waals surface area contributed by atoms with E-state index in [0.717, 1.165) is 43.2 Å². The summed E-state index contributed by atoms with van der Waals surface area (Å²) in [5, 5.41) is 7.66. The quantitative estimate of drug-likeness (QED) is 0.534. The molecule has 1 aliphatic rings. The first-order valence-corrected chi connectivity index (χ1v) is 10.1. The van der Waals surface area contributed by atoms with Crippen LogP contribution >= 0.6 is 0 Å². The van der Waals surface area contributed by atoms with E-state index in [1.807, 2.05) is 25.0 Å². The fraction of sp³-hybridized carbons (Fsp3) is 0.409. The molecule has 7 heteroatoms. The zero-order valence-corrected chi connectivity index (χ0v) is 17.3. The number of nitrogens with one attached hydrogen (secondary N) is 1. The maximum atomic E-state index is 5.91. The molecule has 0 aliphatic carbocycles. The third kappa shape index (κ3) is 4.67. The Labute approximate surface area is 171 Å². The van der Waals surface area contributed by atoms with E-state index in [1.54, 1.807) is 6.20 Å². The second kappa shape index (κ2) is 8.51.